The Hall–Kier alpha value is -4.17. The summed E-state index contributed by atoms with van der Waals surface area (Å²) in [6.45, 7) is 8.20. The van der Waals surface area contributed by atoms with E-state index in [4.69, 9.17) is 9.47 Å². The molecule has 1 N–H and O–H groups in total. The number of nitrogens with zero attached hydrogens (tertiary/aromatic N) is 5. The standard InChI is InChI=1S/C33H39N5O3/c1-4-35-17-19-36(20-18-35)29-12-7-9-25-26(29)22-38(33(25)39)28(24-14-15-31(40-2)32(21-24)41-3)13-8-16-37-23-34-27-10-5-6-11-30(27)37/h5-7,9-12,14-15,21-23,28,39H,4,8,13,16-20H2,1-3H3/t28-/m1/s1. The fraction of sp³-hybridized carbons (Fsp3) is 0.364. The lowest BCUT2D eigenvalue weighted by atomic mass is 10.0. The molecular formula is C33H39N5O3. The molecule has 41 heavy (non-hydrogen) atoms. The Bertz CT molecular complexity index is 1630. The van der Waals surface area contributed by atoms with Crippen LogP contribution in [0.5, 0.6) is 17.4 Å². The number of likely N-dealkylation sites (N-methyl/N-ethyl adjacent to an activating group) is 1. The number of ether oxygens (including phenoxy) is 2. The number of methoxy groups -OCH3 is 2. The second kappa shape index (κ2) is 11.7. The number of benzene rings is 3. The lowest BCUT2D eigenvalue weighted by molar-refractivity contribution is 0.271. The normalized spacial score (nSPS) is 15.0. The van der Waals surface area contributed by atoms with Gasteiger partial charge in [0.15, 0.2) is 17.4 Å². The molecule has 2 aromatic heterocycles. The molecule has 3 aromatic carbocycles. The lowest BCUT2D eigenvalue weighted by Gasteiger charge is -2.35. The number of hydrogen-bond donors (Lipinski definition) is 1. The Morgan fingerprint density at radius 1 is 0.902 bits per heavy atom. The number of aromatic hydroxyl groups is 1. The van der Waals surface area contributed by atoms with Crippen molar-refractivity contribution >= 4 is 27.5 Å². The number of para-hydroxylation sites is 2. The molecule has 0 radical (unpaired) electrons. The van der Waals surface area contributed by atoms with Crippen molar-refractivity contribution in [3.05, 3.63) is 78.8 Å². The summed E-state index contributed by atoms with van der Waals surface area (Å²) in [6, 6.07) is 20.5. The van der Waals surface area contributed by atoms with Gasteiger partial charge in [0.25, 0.3) is 0 Å². The molecule has 5 aromatic rings. The summed E-state index contributed by atoms with van der Waals surface area (Å²) in [5.41, 5.74) is 4.39. The van der Waals surface area contributed by atoms with Crippen molar-refractivity contribution in [3.63, 3.8) is 0 Å². The van der Waals surface area contributed by atoms with Crippen molar-refractivity contribution in [2.45, 2.75) is 32.4 Å². The van der Waals surface area contributed by atoms with E-state index in [9.17, 15) is 5.11 Å². The van der Waals surface area contributed by atoms with E-state index < -0.39 is 0 Å². The van der Waals surface area contributed by atoms with Crippen LogP contribution in [0.15, 0.2) is 73.2 Å². The van der Waals surface area contributed by atoms with Crippen LogP contribution in [0.1, 0.15) is 31.4 Å². The number of imidazole rings is 1. The third kappa shape index (κ3) is 5.20. The molecule has 214 valence electrons. The van der Waals surface area contributed by atoms with Gasteiger partial charge in [-0.05, 0) is 61.3 Å². The molecule has 8 nitrogen and oxygen atoms in total. The summed E-state index contributed by atoms with van der Waals surface area (Å²) in [4.78, 5) is 9.50. The van der Waals surface area contributed by atoms with Gasteiger partial charge in [0.1, 0.15) is 0 Å². The minimum absolute atomic E-state index is 0.0956. The minimum Gasteiger partial charge on any atom is -0.494 e. The SMILES string of the molecule is CCN1CCN(c2cccc3c(O)n([C@H](CCCn4cnc5ccccc54)c4ccc(OC)c(OC)c4)cc23)CC1. The van der Waals surface area contributed by atoms with Crippen molar-refractivity contribution in [2.24, 2.45) is 0 Å². The predicted molar refractivity (Wildman–Crippen MR) is 165 cm³/mol. The van der Waals surface area contributed by atoms with Gasteiger partial charge in [-0.2, -0.15) is 0 Å². The van der Waals surface area contributed by atoms with E-state index in [1.165, 1.54) is 5.69 Å². The molecule has 0 unspecified atom stereocenters. The predicted octanol–water partition coefficient (Wildman–Crippen LogP) is 5.93. The first-order chi connectivity index (χ1) is 20.1. The van der Waals surface area contributed by atoms with Crippen molar-refractivity contribution in [3.8, 4) is 17.4 Å². The average molecular weight is 554 g/mol. The number of rotatable bonds is 10. The number of hydrogen-bond acceptors (Lipinski definition) is 6. The van der Waals surface area contributed by atoms with E-state index in [2.05, 4.69) is 62.8 Å². The van der Waals surface area contributed by atoms with Crippen molar-refractivity contribution < 1.29 is 14.6 Å². The molecule has 0 aliphatic carbocycles. The van der Waals surface area contributed by atoms with Crippen LogP contribution in [0.25, 0.3) is 21.8 Å². The average Bonchev–Trinajstić information content (AvgIpc) is 3.59. The molecule has 1 aliphatic heterocycles. The van der Waals surface area contributed by atoms with Crippen molar-refractivity contribution in [1.82, 2.24) is 19.0 Å². The highest BCUT2D eigenvalue weighted by molar-refractivity contribution is 5.98. The van der Waals surface area contributed by atoms with Crippen LogP contribution in [0, 0.1) is 0 Å². The van der Waals surface area contributed by atoms with Crippen LogP contribution in [0.2, 0.25) is 0 Å². The number of anilines is 1. The van der Waals surface area contributed by atoms with Crippen molar-refractivity contribution in [1.29, 1.82) is 0 Å². The summed E-state index contributed by atoms with van der Waals surface area (Å²) < 4.78 is 15.4. The maximum atomic E-state index is 11.6. The Labute approximate surface area is 241 Å². The van der Waals surface area contributed by atoms with Gasteiger partial charge in [0.05, 0.1) is 37.6 Å². The Morgan fingerprint density at radius 2 is 1.71 bits per heavy atom. The summed E-state index contributed by atoms with van der Waals surface area (Å²) in [5, 5.41) is 13.6. The summed E-state index contributed by atoms with van der Waals surface area (Å²) in [6.07, 6.45) is 5.78. The minimum atomic E-state index is -0.0956. The Kier molecular flexibility index (Phi) is 7.74. The van der Waals surface area contributed by atoms with Crippen LogP contribution < -0.4 is 14.4 Å². The van der Waals surface area contributed by atoms with Crippen LogP contribution in [-0.4, -0.2) is 71.1 Å². The molecule has 0 bridgehead atoms. The molecular weight excluding hydrogens is 514 g/mol. The van der Waals surface area contributed by atoms with E-state index >= 15 is 0 Å². The molecule has 0 spiro atoms. The fourth-order valence-corrected chi connectivity index (χ4v) is 6.21. The molecule has 8 heteroatoms. The highest BCUT2D eigenvalue weighted by Gasteiger charge is 2.24. The summed E-state index contributed by atoms with van der Waals surface area (Å²) in [7, 11) is 3.31. The molecule has 1 saturated heterocycles. The summed E-state index contributed by atoms with van der Waals surface area (Å²) >= 11 is 0. The zero-order chi connectivity index (χ0) is 28.3. The number of aromatic nitrogens is 3. The number of piperazine rings is 1. The topological polar surface area (TPSA) is 67.9 Å². The highest BCUT2D eigenvalue weighted by atomic mass is 16.5. The maximum absolute atomic E-state index is 11.6. The van der Waals surface area contributed by atoms with E-state index in [0.717, 1.165) is 79.5 Å². The number of aryl methyl sites for hydroxylation is 1. The van der Waals surface area contributed by atoms with Gasteiger partial charge < -0.3 is 33.5 Å². The van der Waals surface area contributed by atoms with Gasteiger partial charge in [-0.15, -0.1) is 0 Å². The van der Waals surface area contributed by atoms with Gasteiger partial charge in [0, 0.05) is 55.4 Å². The van der Waals surface area contributed by atoms with Crippen LogP contribution in [0.4, 0.5) is 5.69 Å². The first kappa shape index (κ1) is 27.0. The molecule has 0 amide bonds. The first-order valence-corrected chi connectivity index (χ1v) is 14.5. The van der Waals surface area contributed by atoms with Gasteiger partial charge >= 0.3 is 0 Å². The smallest absolute Gasteiger partial charge is 0.199 e. The highest BCUT2D eigenvalue weighted by Crippen LogP contribution is 2.41. The van der Waals surface area contributed by atoms with Gasteiger partial charge in [-0.1, -0.05) is 31.2 Å². The zero-order valence-electron chi connectivity index (χ0n) is 24.2. The van der Waals surface area contributed by atoms with Gasteiger partial charge in [-0.25, -0.2) is 4.98 Å². The van der Waals surface area contributed by atoms with E-state index in [0.29, 0.717) is 17.4 Å². The molecule has 1 aliphatic rings. The largest absolute Gasteiger partial charge is 0.494 e. The van der Waals surface area contributed by atoms with Gasteiger partial charge in [0.2, 0.25) is 0 Å². The first-order valence-electron chi connectivity index (χ1n) is 14.5. The quantitative estimate of drug-likeness (QED) is 0.231. The number of fused-ring (bicyclic) bond motifs is 2. The third-order valence-corrected chi connectivity index (χ3v) is 8.53. The second-order valence-corrected chi connectivity index (χ2v) is 10.7. The molecule has 3 heterocycles. The zero-order valence-corrected chi connectivity index (χ0v) is 24.2. The van der Waals surface area contributed by atoms with Crippen LogP contribution in [-0.2, 0) is 6.54 Å². The van der Waals surface area contributed by atoms with Gasteiger partial charge in [-0.3, -0.25) is 0 Å². The second-order valence-electron chi connectivity index (χ2n) is 10.7. The lowest BCUT2D eigenvalue weighted by Crippen LogP contribution is -2.46. The molecule has 6 rings (SSSR count). The fourth-order valence-electron chi connectivity index (χ4n) is 6.21. The van der Waals surface area contributed by atoms with Crippen molar-refractivity contribution in [2.75, 3.05) is 51.8 Å². The maximum Gasteiger partial charge on any atom is 0.199 e. The molecule has 0 saturated carbocycles. The van der Waals surface area contributed by atoms with Crippen LogP contribution in [0.3, 0.4) is 0 Å². The van der Waals surface area contributed by atoms with E-state index in [-0.39, 0.29) is 6.04 Å². The molecule has 1 fully saturated rings. The Morgan fingerprint density at radius 3 is 2.49 bits per heavy atom. The monoisotopic (exact) mass is 553 g/mol. The molecule has 1 atom stereocenters. The Balaban J connectivity index is 1.35. The van der Waals surface area contributed by atoms with E-state index in [1.54, 1.807) is 14.2 Å². The van der Waals surface area contributed by atoms with E-state index in [1.807, 2.05) is 41.2 Å². The summed E-state index contributed by atoms with van der Waals surface area (Å²) in [5.74, 6) is 1.67. The van der Waals surface area contributed by atoms with Crippen LogP contribution >= 0.6 is 0 Å². The third-order valence-electron chi connectivity index (χ3n) is 8.53.